The van der Waals surface area contributed by atoms with Crippen LogP contribution in [0.15, 0.2) is 87.4 Å². The Morgan fingerprint density at radius 3 is 2.18 bits per heavy atom. The number of hydrogen-bond donors (Lipinski definition) is 0. The summed E-state index contributed by atoms with van der Waals surface area (Å²) in [5.41, 5.74) is 1.10. The van der Waals surface area contributed by atoms with Crippen molar-refractivity contribution in [3.8, 4) is 0 Å². The van der Waals surface area contributed by atoms with Gasteiger partial charge in [-0.15, -0.1) is 0 Å². The lowest BCUT2D eigenvalue weighted by Gasteiger charge is -1.97. The standard InChI is InChI=1S/C17H16O3S2/c1-15-9-11-16(12-10-15)21(18)13-5-6-14-22(19,20)17-7-3-2-4-8-17/h2-14H,1H3/b13-5+,14-6+. The number of hydrogen-bond acceptors (Lipinski definition) is 3. The molecule has 2 rings (SSSR count). The molecule has 0 N–H and O–H groups in total. The van der Waals surface area contributed by atoms with Gasteiger partial charge in [0.25, 0.3) is 0 Å². The van der Waals surface area contributed by atoms with E-state index >= 15 is 0 Å². The first-order chi connectivity index (χ1) is 10.5. The Hall–Kier alpha value is -1.98. The Balaban J connectivity index is 2.06. The van der Waals surface area contributed by atoms with E-state index in [0.717, 1.165) is 11.0 Å². The van der Waals surface area contributed by atoms with E-state index in [1.54, 1.807) is 30.3 Å². The molecule has 2 aromatic carbocycles. The van der Waals surface area contributed by atoms with Crippen LogP contribution in [0.3, 0.4) is 0 Å². The Morgan fingerprint density at radius 2 is 1.55 bits per heavy atom. The van der Waals surface area contributed by atoms with E-state index in [0.29, 0.717) is 4.90 Å². The SMILES string of the molecule is Cc1ccc(S(=O)/C=C/C=C/S(=O)(=O)c2ccccc2)cc1. The maximum atomic E-state index is 12.0. The van der Waals surface area contributed by atoms with Crippen molar-refractivity contribution in [2.75, 3.05) is 0 Å². The Labute approximate surface area is 133 Å². The van der Waals surface area contributed by atoms with Gasteiger partial charge in [0.1, 0.15) is 0 Å². The molecular formula is C17H16O3S2. The summed E-state index contributed by atoms with van der Waals surface area (Å²) in [7, 11) is -4.75. The van der Waals surface area contributed by atoms with E-state index in [-0.39, 0.29) is 4.90 Å². The van der Waals surface area contributed by atoms with Gasteiger partial charge >= 0.3 is 0 Å². The molecule has 0 aliphatic heterocycles. The highest BCUT2D eigenvalue weighted by Crippen LogP contribution is 2.12. The predicted molar refractivity (Wildman–Crippen MR) is 89.5 cm³/mol. The minimum absolute atomic E-state index is 0.235. The summed E-state index contributed by atoms with van der Waals surface area (Å²) in [5.74, 6) is 0. The van der Waals surface area contributed by atoms with Gasteiger partial charge in [-0.2, -0.15) is 0 Å². The van der Waals surface area contributed by atoms with Crippen LogP contribution < -0.4 is 0 Å². The zero-order valence-electron chi connectivity index (χ0n) is 12.0. The van der Waals surface area contributed by atoms with E-state index in [2.05, 4.69) is 0 Å². The monoisotopic (exact) mass is 332 g/mol. The third-order valence-electron chi connectivity index (χ3n) is 2.90. The maximum Gasteiger partial charge on any atom is 0.199 e. The Bertz CT molecular complexity index is 803. The highest BCUT2D eigenvalue weighted by Gasteiger charge is 2.07. The van der Waals surface area contributed by atoms with Crippen LogP contribution in [0.4, 0.5) is 0 Å². The van der Waals surface area contributed by atoms with Crippen LogP contribution in [0.5, 0.6) is 0 Å². The first-order valence-electron chi connectivity index (χ1n) is 6.61. The first-order valence-corrected chi connectivity index (χ1v) is 9.37. The van der Waals surface area contributed by atoms with E-state index < -0.39 is 20.6 Å². The van der Waals surface area contributed by atoms with E-state index in [9.17, 15) is 12.6 Å². The average molecular weight is 332 g/mol. The molecule has 0 bridgehead atoms. The second-order valence-corrected chi connectivity index (χ2v) is 7.80. The fourth-order valence-corrected chi connectivity index (χ4v) is 3.49. The number of benzene rings is 2. The largest absolute Gasteiger partial charge is 0.250 e. The molecule has 0 saturated heterocycles. The van der Waals surface area contributed by atoms with Crippen molar-refractivity contribution in [1.29, 1.82) is 0 Å². The topological polar surface area (TPSA) is 51.2 Å². The van der Waals surface area contributed by atoms with Gasteiger partial charge in [0.05, 0.1) is 15.7 Å². The molecule has 1 unspecified atom stereocenters. The molecule has 22 heavy (non-hydrogen) atoms. The molecule has 2 aromatic rings. The zero-order chi connectivity index (χ0) is 16.0. The molecule has 1 atom stereocenters. The summed E-state index contributed by atoms with van der Waals surface area (Å²) in [5, 5.41) is 2.56. The van der Waals surface area contributed by atoms with Gasteiger partial charge in [0, 0.05) is 15.7 Å². The Morgan fingerprint density at radius 1 is 0.909 bits per heavy atom. The highest BCUT2D eigenvalue weighted by molar-refractivity contribution is 7.94. The van der Waals surface area contributed by atoms with E-state index in [4.69, 9.17) is 0 Å². The van der Waals surface area contributed by atoms with Gasteiger partial charge in [-0.05, 0) is 37.3 Å². The summed E-state index contributed by atoms with van der Waals surface area (Å²) >= 11 is 0. The van der Waals surface area contributed by atoms with E-state index in [1.165, 1.54) is 29.7 Å². The Kier molecular flexibility index (Phi) is 5.46. The molecule has 0 aliphatic carbocycles. The lowest BCUT2D eigenvalue weighted by molar-refractivity contribution is 0.604. The van der Waals surface area contributed by atoms with Crippen molar-refractivity contribution in [3.05, 3.63) is 83.1 Å². The highest BCUT2D eigenvalue weighted by atomic mass is 32.2. The molecule has 0 aromatic heterocycles. The smallest absolute Gasteiger partial charge is 0.199 e. The average Bonchev–Trinajstić information content (AvgIpc) is 2.53. The van der Waals surface area contributed by atoms with Crippen LogP contribution in [0.2, 0.25) is 0 Å². The van der Waals surface area contributed by atoms with Crippen LogP contribution in [0, 0.1) is 6.92 Å². The second kappa shape index (κ2) is 7.33. The number of rotatable bonds is 5. The van der Waals surface area contributed by atoms with Crippen molar-refractivity contribution in [1.82, 2.24) is 0 Å². The lowest BCUT2D eigenvalue weighted by Crippen LogP contribution is -1.94. The van der Waals surface area contributed by atoms with Crippen molar-refractivity contribution in [2.24, 2.45) is 0 Å². The van der Waals surface area contributed by atoms with Crippen molar-refractivity contribution >= 4 is 20.6 Å². The van der Waals surface area contributed by atoms with Crippen molar-refractivity contribution in [2.45, 2.75) is 16.7 Å². The lowest BCUT2D eigenvalue weighted by atomic mass is 10.2. The van der Waals surface area contributed by atoms with Crippen molar-refractivity contribution in [3.63, 3.8) is 0 Å². The zero-order valence-corrected chi connectivity index (χ0v) is 13.7. The fraction of sp³-hybridized carbons (Fsp3) is 0.0588. The van der Waals surface area contributed by atoms with Crippen LogP contribution in [-0.4, -0.2) is 12.6 Å². The number of aryl methyl sites for hydroxylation is 1. The van der Waals surface area contributed by atoms with Gasteiger partial charge in [-0.3, -0.25) is 0 Å². The molecule has 0 saturated carbocycles. The van der Waals surface area contributed by atoms with E-state index in [1.807, 2.05) is 19.1 Å². The maximum absolute atomic E-state index is 12.0. The summed E-state index contributed by atoms with van der Waals surface area (Å²) < 4.78 is 36.0. The first kappa shape index (κ1) is 16.4. The van der Waals surface area contributed by atoms with Gasteiger partial charge in [0.15, 0.2) is 9.84 Å². The molecule has 0 amide bonds. The molecule has 0 spiro atoms. The summed E-state index contributed by atoms with van der Waals surface area (Å²) in [6, 6.07) is 15.5. The van der Waals surface area contributed by atoms with Crippen molar-refractivity contribution < 1.29 is 12.6 Å². The predicted octanol–water partition coefficient (Wildman–Crippen LogP) is 3.60. The quantitative estimate of drug-likeness (QED) is 0.786. The molecule has 0 heterocycles. The summed E-state index contributed by atoms with van der Waals surface area (Å²) in [6.07, 6.45) is 2.87. The number of sulfone groups is 1. The second-order valence-electron chi connectivity index (χ2n) is 4.63. The molecule has 0 radical (unpaired) electrons. The third-order valence-corrected chi connectivity index (χ3v) is 5.48. The fourth-order valence-electron chi connectivity index (χ4n) is 1.71. The minimum Gasteiger partial charge on any atom is -0.250 e. The molecule has 0 fully saturated rings. The number of allylic oxidation sites excluding steroid dienone is 2. The van der Waals surface area contributed by atoms with Crippen LogP contribution >= 0.6 is 0 Å². The van der Waals surface area contributed by atoms with Gasteiger partial charge in [0.2, 0.25) is 0 Å². The normalized spacial score (nSPS) is 13.7. The van der Waals surface area contributed by atoms with Gasteiger partial charge < -0.3 is 0 Å². The molecule has 114 valence electrons. The van der Waals surface area contributed by atoms with Crippen LogP contribution in [0.25, 0.3) is 0 Å². The molecule has 3 nitrogen and oxygen atoms in total. The van der Waals surface area contributed by atoms with Crippen LogP contribution in [-0.2, 0) is 20.6 Å². The van der Waals surface area contributed by atoms with Crippen LogP contribution in [0.1, 0.15) is 5.56 Å². The summed E-state index contributed by atoms with van der Waals surface area (Å²) in [4.78, 5) is 0.917. The molecular weight excluding hydrogens is 316 g/mol. The van der Waals surface area contributed by atoms with Gasteiger partial charge in [-0.25, -0.2) is 12.6 Å². The van der Waals surface area contributed by atoms with Gasteiger partial charge in [-0.1, -0.05) is 42.0 Å². The third kappa shape index (κ3) is 4.51. The summed E-state index contributed by atoms with van der Waals surface area (Å²) in [6.45, 7) is 1.96. The molecule has 0 aliphatic rings. The molecule has 5 heteroatoms. The minimum atomic E-state index is -3.46.